The van der Waals surface area contributed by atoms with E-state index in [1.807, 2.05) is 52.8 Å². The fourth-order valence-corrected chi connectivity index (χ4v) is 2.68. The molecular formula is C23H30N2O3. The van der Waals surface area contributed by atoms with Crippen molar-refractivity contribution in [3.05, 3.63) is 59.2 Å². The number of ether oxygens (including phenoxy) is 1. The molecule has 150 valence electrons. The molecule has 0 aliphatic heterocycles. The number of aryl methyl sites for hydroxylation is 2. The predicted molar refractivity (Wildman–Crippen MR) is 113 cm³/mol. The number of para-hydroxylation sites is 1. The second-order valence-corrected chi connectivity index (χ2v) is 7.08. The third kappa shape index (κ3) is 5.59. The number of rotatable bonds is 8. The summed E-state index contributed by atoms with van der Waals surface area (Å²) in [5.41, 5.74) is 3.21. The van der Waals surface area contributed by atoms with E-state index in [0.29, 0.717) is 23.4 Å². The number of anilines is 1. The molecule has 2 aromatic carbocycles. The second kappa shape index (κ2) is 9.93. The third-order valence-electron chi connectivity index (χ3n) is 4.84. The molecule has 28 heavy (non-hydrogen) atoms. The molecule has 0 saturated carbocycles. The van der Waals surface area contributed by atoms with Gasteiger partial charge in [0, 0.05) is 6.04 Å². The van der Waals surface area contributed by atoms with Gasteiger partial charge in [0.15, 0.2) is 6.10 Å². The molecule has 0 saturated heterocycles. The van der Waals surface area contributed by atoms with Gasteiger partial charge in [-0.1, -0.05) is 32.0 Å². The molecule has 2 rings (SSSR count). The maximum atomic E-state index is 12.8. The lowest BCUT2D eigenvalue weighted by molar-refractivity contribution is -0.122. The van der Waals surface area contributed by atoms with Crippen LogP contribution in [0, 0.1) is 13.8 Å². The molecule has 2 aromatic rings. The normalized spacial score (nSPS) is 12.8. The summed E-state index contributed by atoms with van der Waals surface area (Å²) in [6.07, 6.45) is 0.704. The largest absolute Gasteiger partial charge is 0.481 e. The summed E-state index contributed by atoms with van der Waals surface area (Å²) in [4.78, 5) is 25.3. The Bertz CT molecular complexity index is 832. The Morgan fingerprint density at radius 2 is 1.71 bits per heavy atom. The van der Waals surface area contributed by atoms with Gasteiger partial charge in [-0.3, -0.25) is 9.59 Å². The smallest absolute Gasteiger partial charge is 0.265 e. The zero-order valence-corrected chi connectivity index (χ0v) is 17.3. The number of hydrogen-bond acceptors (Lipinski definition) is 3. The molecule has 0 heterocycles. The van der Waals surface area contributed by atoms with Gasteiger partial charge in [-0.05, 0) is 69.0 Å². The summed E-state index contributed by atoms with van der Waals surface area (Å²) in [5.74, 6) is 0.186. The first-order valence-corrected chi connectivity index (χ1v) is 9.80. The Hall–Kier alpha value is -2.82. The van der Waals surface area contributed by atoms with Gasteiger partial charge >= 0.3 is 0 Å². The second-order valence-electron chi connectivity index (χ2n) is 7.08. The van der Waals surface area contributed by atoms with E-state index < -0.39 is 6.10 Å². The predicted octanol–water partition coefficient (Wildman–Crippen LogP) is 4.63. The van der Waals surface area contributed by atoms with Crippen LogP contribution in [0.2, 0.25) is 0 Å². The van der Waals surface area contributed by atoms with Crippen molar-refractivity contribution >= 4 is 17.5 Å². The van der Waals surface area contributed by atoms with E-state index in [-0.39, 0.29) is 17.9 Å². The molecule has 2 N–H and O–H groups in total. The number of carbonyl (C=O) groups is 2. The van der Waals surface area contributed by atoms with E-state index in [0.717, 1.165) is 12.0 Å². The van der Waals surface area contributed by atoms with Crippen molar-refractivity contribution < 1.29 is 14.3 Å². The summed E-state index contributed by atoms with van der Waals surface area (Å²) in [6.45, 7) is 9.89. The summed E-state index contributed by atoms with van der Waals surface area (Å²) >= 11 is 0. The molecule has 0 bridgehead atoms. The minimum absolute atomic E-state index is 0.0627. The topological polar surface area (TPSA) is 67.4 Å². The van der Waals surface area contributed by atoms with E-state index in [1.165, 1.54) is 5.56 Å². The van der Waals surface area contributed by atoms with E-state index in [2.05, 4.69) is 10.6 Å². The summed E-state index contributed by atoms with van der Waals surface area (Å²) < 4.78 is 5.90. The SMILES string of the molecule is CC[C@H](C)NC(=O)c1ccccc1NC(=O)[C@@H](CC)Oc1ccc(C)c(C)c1. The van der Waals surface area contributed by atoms with Crippen LogP contribution in [0.15, 0.2) is 42.5 Å². The highest BCUT2D eigenvalue weighted by Gasteiger charge is 2.21. The zero-order valence-electron chi connectivity index (χ0n) is 17.3. The Balaban J connectivity index is 2.14. The van der Waals surface area contributed by atoms with Crippen molar-refractivity contribution in [1.82, 2.24) is 5.32 Å². The molecule has 0 radical (unpaired) electrons. The van der Waals surface area contributed by atoms with Crippen molar-refractivity contribution in [2.24, 2.45) is 0 Å². The quantitative estimate of drug-likeness (QED) is 0.699. The van der Waals surface area contributed by atoms with Crippen LogP contribution in [-0.4, -0.2) is 24.0 Å². The van der Waals surface area contributed by atoms with Gasteiger partial charge in [0.25, 0.3) is 11.8 Å². The van der Waals surface area contributed by atoms with Crippen LogP contribution in [0.3, 0.4) is 0 Å². The number of carbonyl (C=O) groups excluding carboxylic acids is 2. The summed E-state index contributed by atoms with van der Waals surface area (Å²) in [6, 6.07) is 12.8. The third-order valence-corrected chi connectivity index (χ3v) is 4.84. The Labute approximate surface area is 167 Å². The Kier molecular flexibility index (Phi) is 7.61. The minimum atomic E-state index is -0.646. The fourth-order valence-electron chi connectivity index (χ4n) is 2.68. The van der Waals surface area contributed by atoms with Crippen molar-refractivity contribution in [1.29, 1.82) is 0 Å². The fraction of sp³-hybridized carbons (Fsp3) is 0.391. The average molecular weight is 383 g/mol. The van der Waals surface area contributed by atoms with Gasteiger partial charge in [0.05, 0.1) is 11.3 Å². The molecule has 0 spiro atoms. The van der Waals surface area contributed by atoms with E-state index in [9.17, 15) is 9.59 Å². The van der Waals surface area contributed by atoms with Gasteiger partial charge in [0.2, 0.25) is 0 Å². The molecule has 5 heteroatoms. The average Bonchev–Trinajstić information content (AvgIpc) is 2.68. The Morgan fingerprint density at radius 3 is 2.36 bits per heavy atom. The highest BCUT2D eigenvalue weighted by Crippen LogP contribution is 2.20. The maximum absolute atomic E-state index is 12.8. The highest BCUT2D eigenvalue weighted by molar-refractivity contribution is 6.04. The van der Waals surface area contributed by atoms with Crippen LogP contribution in [0.1, 0.15) is 55.1 Å². The van der Waals surface area contributed by atoms with Crippen molar-refractivity contribution in [3.63, 3.8) is 0 Å². The standard InChI is InChI=1S/C23H30N2O3/c1-6-17(5)24-22(26)19-10-8-9-11-20(19)25-23(27)21(7-2)28-18-13-12-15(3)16(4)14-18/h8-14,17,21H,6-7H2,1-5H3,(H,24,26)(H,25,27)/t17-,21+/m0/s1. The van der Waals surface area contributed by atoms with Crippen LogP contribution in [0.25, 0.3) is 0 Å². The first-order valence-electron chi connectivity index (χ1n) is 9.80. The number of amides is 2. The summed E-state index contributed by atoms with van der Waals surface area (Å²) in [7, 11) is 0. The van der Waals surface area contributed by atoms with E-state index in [1.54, 1.807) is 24.3 Å². The van der Waals surface area contributed by atoms with Crippen LogP contribution < -0.4 is 15.4 Å². The van der Waals surface area contributed by atoms with Gasteiger partial charge in [-0.25, -0.2) is 0 Å². The van der Waals surface area contributed by atoms with Crippen LogP contribution in [-0.2, 0) is 4.79 Å². The van der Waals surface area contributed by atoms with Gasteiger partial charge < -0.3 is 15.4 Å². The molecule has 5 nitrogen and oxygen atoms in total. The molecule has 0 aliphatic rings. The lowest BCUT2D eigenvalue weighted by Gasteiger charge is -2.19. The number of hydrogen-bond donors (Lipinski definition) is 2. The first-order chi connectivity index (χ1) is 13.3. The Morgan fingerprint density at radius 1 is 1.00 bits per heavy atom. The van der Waals surface area contributed by atoms with Crippen LogP contribution in [0.4, 0.5) is 5.69 Å². The minimum Gasteiger partial charge on any atom is -0.481 e. The molecule has 2 amide bonds. The molecule has 0 aromatic heterocycles. The van der Waals surface area contributed by atoms with Crippen LogP contribution in [0.5, 0.6) is 5.75 Å². The molecule has 0 unspecified atom stereocenters. The van der Waals surface area contributed by atoms with Gasteiger partial charge in [0.1, 0.15) is 5.75 Å². The first kappa shape index (κ1) is 21.5. The van der Waals surface area contributed by atoms with E-state index >= 15 is 0 Å². The lowest BCUT2D eigenvalue weighted by Crippen LogP contribution is -2.35. The number of benzene rings is 2. The van der Waals surface area contributed by atoms with Crippen molar-refractivity contribution in [3.8, 4) is 5.75 Å². The van der Waals surface area contributed by atoms with Gasteiger partial charge in [-0.15, -0.1) is 0 Å². The van der Waals surface area contributed by atoms with Crippen molar-refractivity contribution in [2.45, 2.75) is 59.6 Å². The molecular weight excluding hydrogens is 352 g/mol. The monoisotopic (exact) mass is 382 g/mol. The molecule has 2 atom stereocenters. The zero-order chi connectivity index (χ0) is 20.7. The summed E-state index contributed by atoms with van der Waals surface area (Å²) in [5, 5.41) is 5.79. The molecule has 0 aliphatic carbocycles. The molecule has 0 fully saturated rings. The highest BCUT2D eigenvalue weighted by atomic mass is 16.5. The van der Waals surface area contributed by atoms with Gasteiger partial charge in [-0.2, -0.15) is 0 Å². The number of nitrogens with one attached hydrogen (secondary N) is 2. The maximum Gasteiger partial charge on any atom is 0.265 e. The van der Waals surface area contributed by atoms with E-state index in [4.69, 9.17) is 4.74 Å². The van der Waals surface area contributed by atoms with Crippen molar-refractivity contribution in [2.75, 3.05) is 5.32 Å². The lowest BCUT2D eigenvalue weighted by atomic mass is 10.1. The van der Waals surface area contributed by atoms with Crippen LogP contribution >= 0.6 is 0 Å².